The molecule has 27 heavy (non-hydrogen) atoms. The summed E-state index contributed by atoms with van der Waals surface area (Å²) in [5.41, 5.74) is 0.887. The van der Waals surface area contributed by atoms with Crippen LogP contribution in [0.2, 0.25) is 0 Å². The Morgan fingerprint density at radius 3 is 2.89 bits per heavy atom. The van der Waals surface area contributed by atoms with Crippen LogP contribution in [0.3, 0.4) is 0 Å². The Kier molecular flexibility index (Phi) is 6.42. The van der Waals surface area contributed by atoms with Crippen LogP contribution >= 0.6 is 0 Å². The zero-order valence-electron chi connectivity index (χ0n) is 15.6. The number of aromatic amines is 1. The van der Waals surface area contributed by atoms with Gasteiger partial charge in [-0.2, -0.15) is 0 Å². The van der Waals surface area contributed by atoms with Crippen molar-refractivity contribution in [2.75, 3.05) is 6.54 Å². The monoisotopic (exact) mass is 375 g/mol. The molecule has 146 valence electrons. The second-order valence-electron chi connectivity index (χ2n) is 7.36. The molecule has 0 bridgehead atoms. The number of carbonyl (C=O) groups excluding carboxylic acids is 1. The van der Waals surface area contributed by atoms with E-state index in [0.717, 1.165) is 12.5 Å². The number of hydrogen-bond donors (Lipinski definition) is 2. The highest BCUT2D eigenvalue weighted by atomic mass is 19.1. The predicted octanol–water partition coefficient (Wildman–Crippen LogP) is 3.43. The maximum Gasteiger partial charge on any atom is 0.439 e. The van der Waals surface area contributed by atoms with Crippen LogP contribution < -0.4 is 11.1 Å². The number of H-pyrrole nitrogens is 1. The number of benzene rings is 1. The van der Waals surface area contributed by atoms with Crippen molar-refractivity contribution in [3.8, 4) is 11.4 Å². The Bertz CT molecular complexity index is 830. The summed E-state index contributed by atoms with van der Waals surface area (Å²) in [5, 5.41) is 6.54. The van der Waals surface area contributed by atoms with E-state index < -0.39 is 11.6 Å². The minimum atomic E-state index is -0.686. The van der Waals surface area contributed by atoms with Gasteiger partial charge in [0.15, 0.2) is 5.82 Å². The number of carbonyl (C=O) groups is 1. The van der Waals surface area contributed by atoms with Gasteiger partial charge >= 0.3 is 5.76 Å². The van der Waals surface area contributed by atoms with Crippen molar-refractivity contribution in [3.05, 3.63) is 40.1 Å². The molecule has 2 unspecified atom stereocenters. The molecule has 1 aromatic heterocycles. The third-order valence-corrected chi connectivity index (χ3v) is 5.44. The van der Waals surface area contributed by atoms with Gasteiger partial charge in [0.2, 0.25) is 5.91 Å². The van der Waals surface area contributed by atoms with Gasteiger partial charge in [-0.3, -0.25) is 14.3 Å². The first-order valence-electron chi connectivity index (χ1n) is 9.66. The summed E-state index contributed by atoms with van der Waals surface area (Å²) in [7, 11) is 0. The highest BCUT2D eigenvalue weighted by Crippen LogP contribution is 2.30. The molecule has 3 rings (SSSR count). The molecule has 0 spiro atoms. The van der Waals surface area contributed by atoms with Crippen molar-refractivity contribution in [3.63, 3.8) is 0 Å². The first-order valence-corrected chi connectivity index (χ1v) is 9.66. The molecule has 1 saturated carbocycles. The van der Waals surface area contributed by atoms with E-state index in [2.05, 4.69) is 26.9 Å². The number of nitrogens with one attached hydrogen (secondary N) is 2. The van der Waals surface area contributed by atoms with Gasteiger partial charge in [-0.15, -0.1) is 0 Å². The molecule has 6 nitrogen and oxygen atoms in total. The van der Waals surface area contributed by atoms with Crippen LogP contribution in [0.5, 0.6) is 0 Å². The molecule has 2 aromatic rings. The summed E-state index contributed by atoms with van der Waals surface area (Å²) in [6.07, 6.45) is 6.71. The number of halogens is 1. The zero-order valence-corrected chi connectivity index (χ0v) is 15.6. The Hall–Kier alpha value is -2.44. The van der Waals surface area contributed by atoms with E-state index in [1.807, 2.05) is 0 Å². The molecular weight excluding hydrogens is 349 g/mol. The molecule has 2 atom stereocenters. The summed E-state index contributed by atoms with van der Waals surface area (Å²) in [6.45, 7) is 2.95. The van der Waals surface area contributed by atoms with E-state index in [0.29, 0.717) is 23.5 Å². The largest absolute Gasteiger partial charge is 0.439 e. The van der Waals surface area contributed by atoms with Crippen molar-refractivity contribution < 1.29 is 13.7 Å². The Balaban J connectivity index is 1.48. The standard InChI is InChI=1S/C20H26FN3O3/c1-2-13-4-3-5-14(10-13)12-22-18(25)9-8-15-6-7-16(11-17(15)21)19-23-20(26)27-24-19/h6-7,11,13-14H,2-5,8-10,12H2,1H3,(H,22,25)(H,23,24,26). The number of nitrogens with zero attached hydrogens (tertiary/aromatic N) is 1. The third kappa shape index (κ3) is 5.28. The SMILES string of the molecule is CCC1CCCC(CNC(=O)CCc2ccc(-c3noc(=O)[nH]3)cc2F)C1. The summed E-state index contributed by atoms with van der Waals surface area (Å²) < 4.78 is 18.7. The van der Waals surface area contributed by atoms with Gasteiger partial charge in [-0.25, -0.2) is 9.18 Å². The molecule has 1 aliphatic rings. The van der Waals surface area contributed by atoms with Crippen LogP contribution in [-0.4, -0.2) is 22.6 Å². The van der Waals surface area contributed by atoms with Gasteiger partial charge < -0.3 is 5.32 Å². The van der Waals surface area contributed by atoms with Crippen LogP contribution in [0.4, 0.5) is 4.39 Å². The van der Waals surface area contributed by atoms with E-state index in [1.54, 1.807) is 12.1 Å². The topological polar surface area (TPSA) is 88.0 Å². The van der Waals surface area contributed by atoms with Crippen LogP contribution in [-0.2, 0) is 11.2 Å². The average molecular weight is 375 g/mol. The van der Waals surface area contributed by atoms with E-state index >= 15 is 0 Å². The predicted molar refractivity (Wildman–Crippen MR) is 99.6 cm³/mol. The molecule has 1 aliphatic carbocycles. The zero-order chi connectivity index (χ0) is 19.2. The second-order valence-corrected chi connectivity index (χ2v) is 7.36. The summed E-state index contributed by atoms with van der Waals surface area (Å²) in [5.74, 6) is 0.372. The molecule has 0 aliphatic heterocycles. The van der Waals surface area contributed by atoms with Crippen LogP contribution in [0.15, 0.2) is 27.5 Å². The van der Waals surface area contributed by atoms with Crippen molar-refractivity contribution in [2.24, 2.45) is 11.8 Å². The average Bonchev–Trinajstić information content (AvgIpc) is 3.12. The number of hydrogen-bond acceptors (Lipinski definition) is 4. The Morgan fingerprint density at radius 1 is 1.37 bits per heavy atom. The fourth-order valence-corrected chi connectivity index (χ4v) is 3.80. The number of aryl methyl sites for hydroxylation is 1. The summed E-state index contributed by atoms with van der Waals surface area (Å²) >= 11 is 0. The van der Waals surface area contributed by atoms with Crippen LogP contribution in [0.1, 0.15) is 51.0 Å². The van der Waals surface area contributed by atoms with Crippen molar-refractivity contribution in [1.82, 2.24) is 15.5 Å². The van der Waals surface area contributed by atoms with E-state index in [4.69, 9.17) is 0 Å². The molecule has 0 radical (unpaired) electrons. The second kappa shape index (κ2) is 8.97. The lowest BCUT2D eigenvalue weighted by molar-refractivity contribution is -0.121. The smallest absolute Gasteiger partial charge is 0.356 e. The van der Waals surface area contributed by atoms with Gasteiger partial charge in [-0.05, 0) is 42.7 Å². The molecule has 7 heteroatoms. The first-order chi connectivity index (χ1) is 13.0. The fourth-order valence-electron chi connectivity index (χ4n) is 3.80. The Labute approximate surface area is 157 Å². The van der Waals surface area contributed by atoms with E-state index in [-0.39, 0.29) is 18.2 Å². The van der Waals surface area contributed by atoms with Crippen molar-refractivity contribution >= 4 is 5.91 Å². The van der Waals surface area contributed by atoms with Crippen LogP contribution in [0.25, 0.3) is 11.4 Å². The van der Waals surface area contributed by atoms with Gasteiger partial charge in [-0.1, -0.05) is 43.5 Å². The lowest BCUT2D eigenvalue weighted by Gasteiger charge is -2.28. The van der Waals surface area contributed by atoms with Gasteiger partial charge in [0.1, 0.15) is 5.82 Å². The quantitative estimate of drug-likeness (QED) is 0.776. The molecule has 2 N–H and O–H groups in total. The molecule has 1 amide bonds. The summed E-state index contributed by atoms with van der Waals surface area (Å²) in [4.78, 5) is 25.5. The van der Waals surface area contributed by atoms with Gasteiger partial charge in [0, 0.05) is 18.5 Å². The molecular formula is C20H26FN3O3. The van der Waals surface area contributed by atoms with E-state index in [1.165, 1.54) is 38.2 Å². The molecule has 0 saturated heterocycles. The highest BCUT2D eigenvalue weighted by molar-refractivity contribution is 5.76. The lowest BCUT2D eigenvalue weighted by atomic mass is 9.80. The normalized spacial score (nSPS) is 19.8. The number of amides is 1. The summed E-state index contributed by atoms with van der Waals surface area (Å²) in [6, 6.07) is 4.54. The maximum atomic E-state index is 14.3. The number of rotatable bonds is 7. The molecule has 1 heterocycles. The van der Waals surface area contributed by atoms with Gasteiger partial charge in [0.25, 0.3) is 0 Å². The Morgan fingerprint density at radius 2 is 2.19 bits per heavy atom. The minimum Gasteiger partial charge on any atom is -0.356 e. The van der Waals surface area contributed by atoms with E-state index in [9.17, 15) is 14.0 Å². The maximum absolute atomic E-state index is 14.3. The minimum absolute atomic E-state index is 0.0436. The third-order valence-electron chi connectivity index (χ3n) is 5.44. The number of aromatic nitrogens is 2. The molecule has 1 aromatic carbocycles. The lowest BCUT2D eigenvalue weighted by Crippen LogP contribution is -2.31. The fraction of sp³-hybridized carbons (Fsp3) is 0.550. The molecule has 1 fully saturated rings. The van der Waals surface area contributed by atoms with Crippen molar-refractivity contribution in [2.45, 2.75) is 51.9 Å². The first kappa shape index (κ1) is 19.3. The highest BCUT2D eigenvalue weighted by Gasteiger charge is 2.21. The van der Waals surface area contributed by atoms with Gasteiger partial charge in [0.05, 0.1) is 0 Å². The van der Waals surface area contributed by atoms with Crippen LogP contribution in [0, 0.1) is 17.7 Å². The van der Waals surface area contributed by atoms with Crippen molar-refractivity contribution in [1.29, 1.82) is 0 Å².